The lowest BCUT2D eigenvalue weighted by molar-refractivity contribution is -0.120. The van der Waals surface area contributed by atoms with E-state index >= 15 is 0 Å². The van der Waals surface area contributed by atoms with E-state index in [0.29, 0.717) is 12.2 Å². The van der Waals surface area contributed by atoms with Gasteiger partial charge in [-0.05, 0) is 17.2 Å². The van der Waals surface area contributed by atoms with Crippen LogP contribution >= 0.6 is 0 Å². The molecule has 0 saturated heterocycles. The second-order valence-corrected chi connectivity index (χ2v) is 3.96. The van der Waals surface area contributed by atoms with Crippen LogP contribution in [0.5, 0.6) is 5.75 Å². The Labute approximate surface area is 104 Å². The van der Waals surface area contributed by atoms with Crippen molar-refractivity contribution in [2.45, 2.75) is 0 Å². The Balaban J connectivity index is 2.28. The van der Waals surface area contributed by atoms with Crippen molar-refractivity contribution < 1.29 is 9.53 Å². The number of rotatable bonds is 3. The van der Waals surface area contributed by atoms with Gasteiger partial charge in [0.15, 0.2) is 5.75 Å². The molecule has 1 N–H and O–H groups in total. The van der Waals surface area contributed by atoms with Gasteiger partial charge in [0, 0.05) is 11.7 Å². The van der Waals surface area contributed by atoms with Gasteiger partial charge in [-0.25, -0.2) is 0 Å². The smallest absolute Gasteiger partial charge is 0.298 e. The molecule has 3 nitrogen and oxygen atoms in total. The number of aromatic amines is 1. The molecule has 0 amide bonds. The first-order chi connectivity index (χ1) is 8.90. The fourth-order valence-corrected chi connectivity index (χ4v) is 2.16. The summed E-state index contributed by atoms with van der Waals surface area (Å²) in [7, 11) is 0. The van der Waals surface area contributed by atoms with E-state index in [1.165, 1.54) is 0 Å². The molecular formula is C15H11NO2. The Morgan fingerprint density at radius 1 is 1.00 bits per heavy atom. The predicted molar refractivity (Wildman–Crippen MR) is 70.4 cm³/mol. The summed E-state index contributed by atoms with van der Waals surface area (Å²) in [6.45, 7) is 0.449. The Hall–Kier alpha value is -2.55. The van der Waals surface area contributed by atoms with Gasteiger partial charge in [-0.2, -0.15) is 0 Å². The Morgan fingerprint density at radius 3 is 2.61 bits per heavy atom. The van der Waals surface area contributed by atoms with E-state index < -0.39 is 0 Å². The molecule has 88 valence electrons. The summed E-state index contributed by atoms with van der Waals surface area (Å²) in [4.78, 5) is 13.6. The van der Waals surface area contributed by atoms with Gasteiger partial charge in [-0.1, -0.05) is 42.5 Å². The number of nitrogens with one attached hydrogen (secondary N) is 1. The van der Waals surface area contributed by atoms with Gasteiger partial charge in [0.2, 0.25) is 0 Å². The first-order valence-corrected chi connectivity index (χ1v) is 5.66. The number of H-pyrrole nitrogens is 1. The van der Waals surface area contributed by atoms with Crippen LogP contribution in [0.4, 0.5) is 0 Å². The van der Waals surface area contributed by atoms with E-state index in [1.54, 1.807) is 6.20 Å². The van der Waals surface area contributed by atoms with Gasteiger partial charge in [0.05, 0.1) is 5.39 Å². The third kappa shape index (κ3) is 1.66. The molecule has 0 radical (unpaired) electrons. The topological polar surface area (TPSA) is 42.1 Å². The van der Waals surface area contributed by atoms with Gasteiger partial charge in [-0.3, -0.25) is 4.79 Å². The normalized spacial score (nSPS) is 10.4. The second-order valence-electron chi connectivity index (χ2n) is 3.96. The molecule has 1 heterocycles. The largest absolute Gasteiger partial charge is 0.426 e. The van der Waals surface area contributed by atoms with Crippen LogP contribution in [0.1, 0.15) is 0 Å². The summed E-state index contributed by atoms with van der Waals surface area (Å²) in [6, 6.07) is 16.0. The zero-order valence-electron chi connectivity index (χ0n) is 9.59. The number of benzene rings is 2. The van der Waals surface area contributed by atoms with Crippen LogP contribution < -0.4 is 4.74 Å². The molecule has 3 aromatic rings. The number of hydrogen-bond acceptors (Lipinski definition) is 2. The van der Waals surface area contributed by atoms with Gasteiger partial charge in [0.1, 0.15) is 0 Å². The van der Waals surface area contributed by atoms with Crippen LogP contribution in [0.3, 0.4) is 0 Å². The number of ether oxygens (including phenoxy) is 1. The van der Waals surface area contributed by atoms with Crippen molar-refractivity contribution in [1.29, 1.82) is 0 Å². The predicted octanol–water partition coefficient (Wildman–Crippen LogP) is 3.37. The number of hydrogen-bond donors (Lipinski definition) is 1. The molecule has 0 fully saturated rings. The third-order valence-electron chi connectivity index (χ3n) is 2.93. The fourth-order valence-electron chi connectivity index (χ4n) is 2.16. The van der Waals surface area contributed by atoms with E-state index in [4.69, 9.17) is 4.74 Å². The molecule has 0 bridgehead atoms. The maximum atomic E-state index is 10.5. The van der Waals surface area contributed by atoms with Crippen molar-refractivity contribution in [3.63, 3.8) is 0 Å². The number of aromatic nitrogens is 1. The summed E-state index contributed by atoms with van der Waals surface area (Å²) in [5, 5.41) is 0.927. The molecule has 3 heteroatoms. The number of carbonyl (C=O) groups excluding carboxylic acids is 1. The molecule has 0 saturated carbocycles. The molecule has 2 aromatic carbocycles. The van der Waals surface area contributed by atoms with Crippen LogP contribution in [-0.4, -0.2) is 11.5 Å². The second kappa shape index (κ2) is 4.37. The molecular weight excluding hydrogens is 226 g/mol. The number of carbonyl (C=O) groups is 1. The van der Waals surface area contributed by atoms with Crippen LogP contribution in [0, 0.1) is 0 Å². The van der Waals surface area contributed by atoms with Crippen molar-refractivity contribution in [3.05, 3.63) is 54.7 Å². The van der Waals surface area contributed by atoms with E-state index in [-0.39, 0.29) is 0 Å². The first kappa shape index (κ1) is 10.6. The van der Waals surface area contributed by atoms with Gasteiger partial charge < -0.3 is 9.72 Å². The standard InChI is InChI=1S/C15H11NO2/c17-10-18-14-9-16-13-8-4-7-12(15(13)14)11-5-2-1-3-6-11/h1-10,16H. The van der Waals surface area contributed by atoms with E-state index in [2.05, 4.69) is 4.98 Å². The van der Waals surface area contributed by atoms with Crippen LogP contribution in [0.25, 0.3) is 22.0 Å². The molecule has 0 spiro atoms. The summed E-state index contributed by atoms with van der Waals surface area (Å²) >= 11 is 0. The van der Waals surface area contributed by atoms with E-state index in [9.17, 15) is 4.79 Å². The molecule has 0 unspecified atom stereocenters. The molecule has 0 aliphatic carbocycles. The van der Waals surface area contributed by atoms with Crippen molar-refractivity contribution in [3.8, 4) is 16.9 Å². The van der Waals surface area contributed by atoms with Crippen LogP contribution in [0.15, 0.2) is 54.7 Å². The van der Waals surface area contributed by atoms with Crippen molar-refractivity contribution in [1.82, 2.24) is 4.98 Å². The maximum Gasteiger partial charge on any atom is 0.298 e. The lowest BCUT2D eigenvalue weighted by Crippen LogP contribution is -1.87. The average Bonchev–Trinajstić information content (AvgIpc) is 2.84. The quantitative estimate of drug-likeness (QED) is 0.709. The maximum absolute atomic E-state index is 10.5. The van der Waals surface area contributed by atoms with Crippen molar-refractivity contribution in [2.24, 2.45) is 0 Å². The monoisotopic (exact) mass is 237 g/mol. The Morgan fingerprint density at radius 2 is 1.83 bits per heavy atom. The molecule has 0 aliphatic heterocycles. The van der Waals surface area contributed by atoms with Crippen LogP contribution in [-0.2, 0) is 4.79 Å². The van der Waals surface area contributed by atoms with Gasteiger partial charge >= 0.3 is 0 Å². The highest BCUT2D eigenvalue weighted by atomic mass is 16.5. The van der Waals surface area contributed by atoms with Gasteiger partial charge in [-0.15, -0.1) is 0 Å². The van der Waals surface area contributed by atoms with Crippen LogP contribution in [0.2, 0.25) is 0 Å². The molecule has 0 atom stereocenters. The Bertz CT molecular complexity index is 686. The SMILES string of the molecule is O=COc1c[nH]c2cccc(-c3ccccc3)c12. The Kier molecular flexibility index (Phi) is 2.57. The lowest BCUT2D eigenvalue weighted by Gasteiger charge is -2.05. The molecule has 1 aromatic heterocycles. The minimum atomic E-state index is 0.449. The lowest BCUT2D eigenvalue weighted by atomic mass is 10.0. The highest BCUT2D eigenvalue weighted by Gasteiger charge is 2.10. The summed E-state index contributed by atoms with van der Waals surface area (Å²) < 4.78 is 5.01. The minimum absolute atomic E-state index is 0.449. The molecule has 18 heavy (non-hydrogen) atoms. The summed E-state index contributed by atoms with van der Waals surface area (Å²) in [5.41, 5.74) is 3.10. The minimum Gasteiger partial charge on any atom is -0.426 e. The van der Waals surface area contributed by atoms with Gasteiger partial charge in [0.25, 0.3) is 6.47 Å². The van der Waals surface area contributed by atoms with Crippen molar-refractivity contribution in [2.75, 3.05) is 0 Å². The third-order valence-corrected chi connectivity index (χ3v) is 2.93. The molecule has 0 aliphatic rings. The average molecular weight is 237 g/mol. The highest BCUT2D eigenvalue weighted by Crippen LogP contribution is 2.34. The first-order valence-electron chi connectivity index (χ1n) is 5.66. The van der Waals surface area contributed by atoms with E-state index in [0.717, 1.165) is 22.0 Å². The fraction of sp³-hybridized carbons (Fsp3) is 0. The zero-order chi connectivity index (χ0) is 12.4. The molecule has 3 rings (SSSR count). The summed E-state index contributed by atoms with van der Waals surface area (Å²) in [6.07, 6.45) is 1.70. The summed E-state index contributed by atoms with van der Waals surface area (Å²) in [5.74, 6) is 0.555. The zero-order valence-corrected chi connectivity index (χ0v) is 9.59. The number of fused-ring (bicyclic) bond motifs is 1. The van der Waals surface area contributed by atoms with E-state index in [1.807, 2.05) is 48.5 Å². The highest BCUT2D eigenvalue weighted by molar-refractivity contribution is 6.00. The van der Waals surface area contributed by atoms with Crippen molar-refractivity contribution >= 4 is 17.4 Å².